The van der Waals surface area contributed by atoms with Gasteiger partial charge in [0.25, 0.3) is 5.91 Å². The van der Waals surface area contributed by atoms with Gasteiger partial charge in [-0.15, -0.1) is 0 Å². The fraction of sp³-hybridized carbons (Fsp3) is 0.467. The van der Waals surface area contributed by atoms with E-state index in [0.29, 0.717) is 11.3 Å². The van der Waals surface area contributed by atoms with Crippen molar-refractivity contribution in [3.05, 3.63) is 29.8 Å². The third-order valence-electron chi connectivity index (χ3n) is 3.41. The molecule has 1 N–H and O–H groups in total. The number of likely N-dealkylation sites (N-methyl/N-ethyl adjacent to an activating group) is 1. The maximum absolute atomic E-state index is 12.1. The van der Waals surface area contributed by atoms with Crippen molar-refractivity contribution in [1.82, 2.24) is 4.90 Å². The molecule has 0 unspecified atom stereocenters. The molecule has 1 aliphatic carbocycles. The molecule has 0 aromatic heterocycles. The normalized spacial score (nSPS) is 15.1. The summed E-state index contributed by atoms with van der Waals surface area (Å²) in [7, 11) is 1.47. The molecule has 1 saturated carbocycles. The minimum Gasteiger partial charge on any atom is -0.490 e. The average Bonchev–Trinajstić information content (AvgIpc) is 2.90. The van der Waals surface area contributed by atoms with E-state index in [4.69, 9.17) is 9.84 Å². The van der Waals surface area contributed by atoms with Crippen LogP contribution in [0.3, 0.4) is 0 Å². The van der Waals surface area contributed by atoms with Crippen LogP contribution in [0.4, 0.5) is 0 Å². The van der Waals surface area contributed by atoms with E-state index in [2.05, 4.69) is 0 Å². The second-order valence-electron chi connectivity index (χ2n) is 5.11. The van der Waals surface area contributed by atoms with Crippen LogP contribution in [0, 0.1) is 0 Å². The first kappa shape index (κ1) is 14.4. The van der Waals surface area contributed by atoms with Crippen LogP contribution in [0.1, 0.15) is 36.0 Å². The van der Waals surface area contributed by atoms with E-state index in [0.717, 1.165) is 12.8 Å². The van der Waals surface area contributed by atoms with Gasteiger partial charge < -0.3 is 14.7 Å². The molecule has 1 amide bonds. The number of benzene rings is 1. The van der Waals surface area contributed by atoms with Crippen LogP contribution < -0.4 is 4.74 Å². The van der Waals surface area contributed by atoms with Gasteiger partial charge in [-0.3, -0.25) is 9.59 Å². The number of nitrogens with zero attached hydrogens (tertiary/aromatic N) is 1. The fourth-order valence-corrected chi connectivity index (χ4v) is 2.40. The Bertz CT molecular complexity index is 494. The second-order valence-corrected chi connectivity index (χ2v) is 5.11. The summed E-state index contributed by atoms with van der Waals surface area (Å²) in [5, 5.41) is 8.71. The van der Waals surface area contributed by atoms with Crippen LogP contribution in [-0.4, -0.2) is 41.6 Å². The molecule has 1 fully saturated rings. The van der Waals surface area contributed by atoms with E-state index < -0.39 is 5.97 Å². The van der Waals surface area contributed by atoms with Gasteiger partial charge in [-0.2, -0.15) is 0 Å². The number of carboxylic acid groups (broad SMARTS) is 1. The highest BCUT2D eigenvalue weighted by atomic mass is 16.5. The zero-order valence-electron chi connectivity index (χ0n) is 11.5. The number of aliphatic carboxylic acids is 1. The summed E-state index contributed by atoms with van der Waals surface area (Å²) >= 11 is 0. The van der Waals surface area contributed by atoms with Gasteiger partial charge in [-0.25, -0.2) is 0 Å². The first-order chi connectivity index (χ1) is 9.56. The molecule has 0 radical (unpaired) electrons. The van der Waals surface area contributed by atoms with E-state index in [1.165, 1.54) is 24.8 Å². The lowest BCUT2D eigenvalue weighted by molar-refractivity contribution is -0.137. The molecular weight excluding hydrogens is 258 g/mol. The number of hydrogen-bond acceptors (Lipinski definition) is 3. The van der Waals surface area contributed by atoms with E-state index in [9.17, 15) is 9.59 Å². The van der Waals surface area contributed by atoms with Crippen LogP contribution in [0.2, 0.25) is 0 Å². The molecule has 1 aromatic carbocycles. The molecule has 5 nitrogen and oxygen atoms in total. The van der Waals surface area contributed by atoms with Crippen LogP contribution in [0.25, 0.3) is 0 Å². The quantitative estimate of drug-likeness (QED) is 0.895. The van der Waals surface area contributed by atoms with Crippen LogP contribution >= 0.6 is 0 Å². The lowest BCUT2D eigenvalue weighted by Gasteiger charge is -2.16. The molecule has 0 aliphatic heterocycles. The predicted octanol–water partition coefficient (Wildman–Crippen LogP) is 2.16. The lowest BCUT2D eigenvalue weighted by Crippen LogP contribution is -2.31. The largest absolute Gasteiger partial charge is 0.490 e. The van der Waals surface area contributed by atoms with Crippen molar-refractivity contribution < 1.29 is 19.4 Å². The summed E-state index contributed by atoms with van der Waals surface area (Å²) in [5.74, 6) is -0.671. The maximum atomic E-state index is 12.1. The Hall–Kier alpha value is -2.04. The van der Waals surface area contributed by atoms with Gasteiger partial charge >= 0.3 is 5.97 Å². The highest BCUT2D eigenvalue weighted by Crippen LogP contribution is 2.24. The zero-order chi connectivity index (χ0) is 14.5. The van der Waals surface area contributed by atoms with Crippen LogP contribution in [0.5, 0.6) is 5.75 Å². The number of hydrogen-bond donors (Lipinski definition) is 1. The van der Waals surface area contributed by atoms with Gasteiger partial charge in [0.05, 0.1) is 6.10 Å². The summed E-state index contributed by atoms with van der Waals surface area (Å²) < 4.78 is 5.84. The number of amides is 1. The van der Waals surface area contributed by atoms with Gasteiger partial charge in [0.15, 0.2) is 0 Å². The Morgan fingerprint density at radius 3 is 2.70 bits per heavy atom. The van der Waals surface area contributed by atoms with E-state index in [1.807, 2.05) is 6.07 Å². The number of rotatable bonds is 5. The summed E-state index contributed by atoms with van der Waals surface area (Å²) in [5.41, 5.74) is 0.448. The maximum Gasteiger partial charge on any atom is 0.323 e. The molecule has 0 spiro atoms. The van der Waals surface area contributed by atoms with E-state index >= 15 is 0 Å². The first-order valence-corrected chi connectivity index (χ1v) is 6.80. The van der Waals surface area contributed by atoms with Gasteiger partial charge in [0.1, 0.15) is 12.3 Å². The molecule has 2 rings (SSSR count). The molecular formula is C15H19NO4. The molecule has 0 heterocycles. The van der Waals surface area contributed by atoms with Gasteiger partial charge in [-0.1, -0.05) is 6.07 Å². The van der Waals surface area contributed by atoms with Crippen molar-refractivity contribution in [3.63, 3.8) is 0 Å². The molecule has 5 heteroatoms. The zero-order valence-corrected chi connectivity index (χ0v) is 11.5. The van der Waals surface area contributed by atoms with Crippen molar-refractivity contribution in [1.29, 1.82) is 0 Å². The monoisotopic (exact) mass is 277 g/mol. The topological polar surface area (TPSA) is 66.8 Å². The Morgan fingerprint density at radius 1 is 1.35 bits per heavy atom. The number of carboxylic acids is 1. The van der Waals surface area contributed by atoms with Crippen LogP contribution in [-0.2, 0) is 4.79 Å². The fourth-order valence-electron chi connectivity index (χ4n) is 2.40. The number of ether oxygens (including phenoxy) is 1. The molecule has 0 atom stereocenters. The molecule has 0 saturated heterocycles. The molecule has 20 heavy (non-hydrogen) atoms. The lowest BCUT2D eigenvalue weighted by atomic mass is 10.2. The smallest absolute Gasteiger partial charge is 0.323 e. The molecule has 1 aromatic rings. The average molecular weight is 277 g/mol. The Balaban J connectivity index is 2.04. The third kappa shape index (κ3) is 3.73. The molecule has 1 aliphatic rings. The summed E-state index contributed by atoms with van der Waals surface area (Å²) in [6.45, 7) is -0.313. The van der Waals surface area contributed by atoms with Gasteiger partial charge in [0, 0.05) is 12.6 Å². The molecule has 0 bridgehead atoms. The van der Waals surface area contributed by atoms with Gasteiger partial charge in [0.2, 0.25) is 0 Å². The number of carbonyl (C=O) groups is 2. The minimum absolute atomic E-state index is 0.233. The summed E-state index contributed by atoms with van der Waals surface area (Å²) in [6, 6.07) is 6.93. The SMILES string of the molecule is CN(CC(=O)O)C(=O)c1cccc(OC2CCCC2)c1. The van der Waals surface area contributed by atoms with Crippen molar-refractivity contribution in [3.8, 4) is 5.75 Å². The highest BCUT2D eigenvalue weighted by Gasteiger charge is 2.18. The van der Waals surface area contributed by atoms with Crippen molar-refractivity contribution in [2.45, 2.75) is 31.8 Å². The Morgan fingerprint density at radius 2 is 2.05 bits per heavy atom. The molecule has 108 valence electrons. The van der Waals surface area contributed by atoms with Crippen molar-refractivity contribution in [2.75, 3.05) is 13.6 Å². The Labute approximate surface area is 118 Å². The standard InChI is InChI=1S/C15H19NO4/c1-16(10-14(17)18)15(19)11-5-4-8-13(9-11)20-12-6-2-3-7-12/h4-5,8-9,12H,2-3,6-7,10H2,1H3,(H,17,18). The van der Waals surface area contributed by atoms with E-state index in [1.54, 1.807) is 18.2 Å². The summed E-state index contributed by atoms with van der Waals surface area (Å²) in [6.07, 6.45) is 4.71. The van der Waals surface area contributed by atoms with Gasteiger partial charge in [-0.05, 0) is 43.9 Å². The minimum atomic E-state index is -1.03. The third-order valence-corrected chi connectivity index (χ3v) is 3.41. The highest BCUT2D eigenvalue weighted by molar-refractivity contribution is 5.95. The Kier molecular flexibility index (Phi) is 4.61. The number of carbonyl (C=O) groups excluding carboxylic acids is 1. The first-order valence-electron chi connectivity index (χ1n) is 6.80. The van der Waals surface area contributed by atoms with E-state index in [-0.39, 0.29) is 18.6 Å². The predicted molar refractivity (Wildman–Crippen MR) is 73.9 cm³/mol. The summed E-state index contributed by atoms with van der Waals surface area (Å²) in [4.78, 5) is 23.9. The van der Waals surface area contributed by atoms with Crippen LogP contribution in [0.15, 0.2) is 24.3 Å². The second kappa shape index (κ2) is 6.41. The van der Waals surface area contributed by atoms with Crippen molar-refractivity contribution in [2.24, 2.45) is 0 Å². The van der Waals surface area contributed by atoms with Crippen molar-refractivity contribution >= 4 is 11.9 Å².